The normalized spacial score (nSPS) is 20.1. The van der Waals surface area contributed by atoms with E-state index >= 15 is 0 Å². The van der Waals surface area contributed by atoms with Crippen molar-refractivity contribution >= 4 is 18.0 Å². The fourth-order valence-corrected chi connectivity index (χ4v) is 2.33. The van der Waals surface area contributed by atoms with Gasteiger partial charge in [-0.3, -0.25) is 9.59 Å². The Morgan fingerprint density at radius 3 is 2.68 bits per heavy atom. The molecule has 1 aromatic rings. The van der Waals surface area contributed by atoms with Crippen LogP contribution in [0, 0.1) is 5.92 Å². The van der Waals surface area contributed by atoms with Crippen LogP contribution in [0.2, 0.25) is 0 Å². The van der Waals surface area contributed by atoms with E-state index in [2.05, 4.69) is 5.32 Å². The van der Waals surface area contributed by atoms with Crippen LogP contribution < -0.4 is 5.32 Å². The molecule has 19 heavy (non-hydrogen) atoms. The molecular weight excluding hydrogens is 244 g/mol. The Morgan fingerprint density at radius 2 is 2.16 bits per heavy atom. The molecule has 1 heterocycles. The van der Waals surface area contributed by atoms with Crippen molar-refractivity contribution in [3.05, 3.63) is 29.8 Å². The summed E-state index contributed by atoms with van der Waals surface area (Å²) in [7, 11) is 0. The van der Waals surface area contributed by atoms with Crippen LogP contribution in [0.25, 0.3) is 0 Å². The fourth-order valence-electron chi connectivity index (χ4n) is 2.33. The summed E-state index contributed by atoms with van der Waals surface area (Å²) in [6, 6.07) is 6.79. The summed E-state index contributed by atoms with van der Waals surface area (Å²) < 4.78 is 0. The zero-order chi connectivity index (χ0) is 13.8. The van der Waals surface area contributed by atoms with Gasteiger partial charge >= 0.3 is 0 Å². The van der Waals surface area contributed by atoms with Crippen molar-refractivity contribution < 1.29 is 14.7 Å². The lowest BCUT2D eigenvalue weighted by atomic mass is 10.0. The monoisotopic (exact) mass is 262 g/mol. The molecular formula is C14H18N2O3. The highest BCUT2D eigenvalue weighted by atomic mass is 16.3. The summed E-state index contributed by atoms with van der Waals surface area (Å²) in [5.74, 6) is 0.140. The molecule has 0 bridgehead atoms. The third-order valence-electron chi connectivity index (χ3n) is 3.55. The molecule has 2 rings (SSSR count). The molecule has 1 aromatic carbocycles. The number of nitrogens with zero attached hydrogens (tertiary/aromatic N) is 1. The van der Waals surface area contributed by atoms with Gasteiger partial charge in [0.1, 0.15) is 0 Å². The van der Waals surface area contributed by atoms with Crippen LogP contribution in [-0.4, -0.2) is 41.5 Å². The Hall–Kier alpha value is -1.88. The first-order valence-corrected chi connectivity index (χ1v) is 6.39. The van der Waals surface area contributed by atoms with Crippen molar-refractivity contribution in [1.82, 2.24) is 4.90 Å². The Balaban J connectivity index is 2.02. The molecule has 1 aliphatic heterocycles. The molecule has 1 saturated heterocycles. The van der Waals surface area contributed by atoms with Gasteiger partial charge in [-0.2, -0.15) is 0 Å². The molecule has 5 nitrogen and oxygen atoms in total. The maximum Gasteiger partial charge on any atom is 0.253 e. The zero-order valence-electron chi connectivity index (χ0n) is 10.9. The number of anilines is 1. The number of carbonyl (C=O) groups excluding carboxylic acids is 2. The van der Waals surface area contributed by atoms with Gasteiger partial charge in [0.25, 0.3) is 5.91 Å². The number of hydrogen-bond acceptors (Lipinski definition) is 3. The van der Waals surface area contributed by atoms with Gasteiger partial charge < -0.3 is 15.3 Å². The van der Waals surface area contributed by atoms with E-state index in [1.165, 1.54) is 0 Å². The number of rotatable bonds is 4. The summed E-state index contributed by atoms with van der Waals surface area (Å²) in [4.78, 5) is 24.3. The lowest BCUT2D eigenvalue weighted by molar-refractivity contribution is -0.105. The summed E-state index contributed by atoms with van der Waals surface area (Å²) >= 11 is 0. The number of benzene rings is 1. The number of aliphatic hydroxyl groups excluding tert-OH is 1. The van der Waals surface area contributed by atoms with Gasteiger partial charge in [0.2, 0.25) is 6.41 Å². The molecule has 5 heteroatoms. The molecule has 2 amide bonds. The Morgan fingerprint density at radius 1 is 1.47 bits per heavy atom. The van der Waals surface area contributed by atoms with Crippen LogP contribution in [-0.2, 0) is 4.79 Å². The van der Waals surface area contributed by atoms with E-state index in [1.54, 1.807) is 36.1 Å². The van der Waals surface area contributed by atoms with Gasteiger partial charge in [0, 0.05) is 30.3 Å². The number of carbonyl (C=O) groups is 2. The van der Waals surface area contributed by atoms with Gasteiger partial charge in [-0.15, -0.1) is 0 Å². The minimum Gasteiger partial charge on any atom is -0.393 e. The predicted octanol–water partition coefficient (Wildman–Crippen LogP) is 1.10. The second-order valence-electron chi connectivity index (χ2n) is 4.88. The molecule has 2 N–H and O–H groups in total. The largest absolute Gasteiger partial charge is 0.393 e. The van der Waals surface area contributed by atoms with Crippen LogP contribution in [0.3, 0.4) is 0 Å². The number of hydrogen-bond donors (Lipinski definition) is 2. The van der Waals surface area contributed by atoms with Crippen molar-refractivity contribution in [3.8, 4) is 0 Å². The highest BCUT2D eigenvalue weighted by Gasteiger charge is 2.29. The Bertz CT molecular complexity index is 456. The molecule has 0 aliphatic carbocycles. The second kappa shape index (κ2) is 5.84. The van der Waals surface area contributed by atoms with E-state index in [1.807, 2.05) is 0 Å². The van der Waals surface area contributed by atoms with Crippen molar-refractivity contribution in [2.75, 3.05) is 18.4 Å². The van der Waals surface area contributed by atoms with Crippen molar-refractivity contribution in [1.29, 1.82) is 0 Å². The lowest BCUT2D eigenvalue weighted by Gasteiger charge is -2.17. The number of likely N-dealkylation sites (tertiary alicyclic amines) is 1. The summed E-state index contributed by atoms with van der Waals surface area (Å²) in [6.07, 6.45) is 1.07. The maximum absolute atomic E-state index is 12.2. The Kier molecular flexibility index (Phi) is 4.16. The smallest absolute Gasteiger partial charge is 0.253 e. The van der Waals surface area contributed by atoms with Crippen LogP contribution in [0.4, 0.5) is 5.69 Å². The molecule has 102 valence electrons. The topological polar surface area (TPSA) is 69.6 Å². The zero-order valence-corrected chi connectivity index (χ0v) is 10.9. The van der Waals surface area contributed by atoms with E-state index in [0.29, 0.717) is 30.8 Å². The van der Waals surface area contributed by atoms with Gasteiger partial charge in [0.15, 0.2) is 0 Å². The van der Waals surface area contributed by atoms with Crippen LogP contribution in [0.1, 0.15) is 23.7 Å². The van der Waals surface area contributed by atoms with Crippen LogP contribution in [0.5, 0.6) is 0 Å². The van der Waals surface area contributed by atoms with E-state index in [0.717, 1.165) is 6.42 Å². The maximum atomic E-state index is 12.2. The first-order valence-electron chi connectivity index (χ1n) is 6.39. The third-order valence-corrected chi connectivity index (χ3v) is 3.55. The summed E-state index contributed by atoms with van der Waals surface area (Å²) in [6.45, 7) is 3.05. The van der Waals surface area contributed by atoms with E-state index < -0.39 is 0 Å². The van der Waals surface area contributed by atoms with Gasteiger partial charge in [-0.25, -0.2) is 0 Å². The average Bonchev–Trinajstić information content (AvgIpc) is 2.89. The predicted molar refractivity (Wildman–Crippen MR) is 71.8 cm³/mol. The summed E-state index contributed by atoms with van der Waals surface area (Å²) in [5.41, 5.74) is 1.26. The number of aliphatic hydroxyl groups is 1. The molecule has 2 unspecified atom stereocenters. The third kappa shape index (κ3) is 3.12. The first kappa shape index (κ1) is 13.5. The molecule has 1 aliphatic rings. The van der Waals surface area contributed by atoms with E-state index in [9.17, 15) is 14.7 Å². The van der Waals surface area contributed by atoms with Crippen LogP contribution >= 0.6 is 0 Å². The molecule has 1 fully saturated rings. The van der Waals surface area contributed by atoms with Gasteiger partial charge in [0.05, 0.1) is 6.10 Å². The SMILES string of the molecule is CC(O)C1CCN(C(=O)c2ccc(NC=O)cc2)C1. The van der Waals surface area contributed by atoms with E-state index in [-0.39, 0.29) is 17.9 Å². The standard InChI is InChI=1S/C14H18N2O3/c1-10(18)12-6-7-16(8-12)14(19)11-2-4-13(5-3-11)15-9-17/h2-5,9-10,12,18H,6-8H2,1H3,(H,15,17). The van der Waals surface area contributed by atoms with Gasteiger partial charge in [-0.05, 0) is 37.6 Å². The number of amides is 2. The minimum atomic E-state index is -0.378. The molecule has 0 saturated carbocycles. The Labute approximate surface area is 112 Å². The molecule has 0 spiro atoms. The fraction of sp³-hybridized carbons (Fsp3) is 0.429. The van der Waals surface area contributed by atoms with Crippen molar-refractivity contribution in [2.24, 2.45) is 5.92 Å². The minimum absolute atomic E-state index is 0.0270. The molecule has 0 aromatic heterocycles. The molecule has 2 atom stereocenters. The average molecular weight is 262 g/mol. The van der Waals surface area contributed by atoms with Crippen LogP contribution in [0.15, 0.2) is 24.3 Å². The summed E-state index contributed by atoms with van der Waals surface area (Å²) in [5, 5.41) is 12.1. The number of nitrogens with one attached hydrogen (secondary N) is 1. The highest BCUT2D eigenvalue weighted by molar-refractivity contribution is 5.95. The second-order valence-corrected chi connectivity index (χ2v) is 4.88. The van der Waals surface area contributed by atoms with Gasteiger partial charge in [-0.1, -0.05) is 0 Å². The molecule has 0 radical (unpaired) electrons. The van der Waals surface area contributed by atoms with Crippen molar-refractivity contribution in [3.63, 3.8) is 0 Å². The first-order chi connectivity index (χ1) is 9.11. The van der Waals surface area contributed by atoms with E-state index in [4.69, 9.17) is 0 Å². The van der Waals surface area contributed by atoms with Crippen molar-refractivity contribution in [2.45, 2.75) is 19.4 Å². The highest BCUT2D eigenvalue weighted by Crippen LogP contribution is 2.22. The quantitative estimate of drug-likeness (QED) is 0.798. The lowest BCUT2D eigenvalue weighted by Crippen LogP contribution is -2.30.